The summed E-state index contributed by atoms with van der Waals surface area (Å²) in [6, 6.07) is 0. The summed E-state index contributed by atoms with van der Waals surface area (Å²) < 4.78 is 10.6. The maximum atomic E-state index is 11.7. The Balaban J connectivity index is 3.44. The minimum Gasteiger partial charge on any atom is -0.436 e. The van der Waals surface area contributed by atoms with E-state index in [0.29, 0.717) is 19.4 Å². The minimum absolute atomic E-state index is 0.133. The highest BCUT2D eigenvalue weighted by Gasteiger charge is 2.11. The lowest BCUT2D eigenvalue weighted by Gasteiger charge is -2.15. The third-order valence-corrected chi connectivity index (χ3v) is 3.98. The Hall–Kier alpha value is -1.35. The van der Waals surface area contributed by atoms with E-state index >= 15 is 0 Å². The fourth-order valence-electron chi connectivity index (χ4n) is 2.52. The Kier molecular flexibility index (Phi) is 18.9. The zero-order valence-electron chi connectivity index (χ0n) is 17.3. The molecule has 0 rings (SSSR count). The smallest absolute Gasteiger partial charge is 0.308 e. The van der Waals surface area contributed by atoms with Gasteiger partial charge in [0, 0.05) is 19.4 Å². The van der Waals surface area contributed by atoms with E-state index in [9.17, 15) is 4.79 Å². The SMILES string of the molecule is CC/C=C\C/C=C\C/C=C\CCCCCCCC(=O)OC(CC)OCC. The van der Waals surface area contributed by atoms with E-state index in [-0.39, 0.29) is 12.3 Å². The standard InChI is InChI=1S/C23H40O3/c1-4-7-8-9-10-11-12-13-14-15-16-17-18-19-20-21-22(24)26-23(5-2)25-6-3/h7-8,10-11,13-14,23H,4-6,9,12,15-21H2,1-3H3/b8-7-,11-10-,14-13-. The Morgan fingerprint density at radius 3 is 2.08 bits per heavy atom. The number of carbonyl (C=O) groups excluding carboxylic acids is 1. The summed E-state index contributed by atoms with van der Waals surface area (Å²) >= 11 is 0. The van der Waals surface area contributed by atoms with Gasteiger partial charge in [-0.25, -0.2) is 0 Å². The van der Waals surface area contributed by atoms with Crippen LogP contribution >= 0.6 is 0 Å². The Labute approximate surface area is 161 Å². The van der Waals surface area contributed by atoms with Gasteiger partial charge in [0.1, 0.15) is 0 Å². The molecule has 0 bridgehead atoms. The second-order valence-corrected chi connectivity index (χ2v) is 6.38. The molecule has 0 saturated heterocycles. The lowest BCUT2D eigenvalue weighted by atomic mass is 10.1. The van der Waals surface area contributed by atoms with Gasteiger partial charge in [-0.05, 0) is 45.4 Å². The highest BCUT2D eigenvalue weighted by molar-refractivity contribution is 5.69. The van der Waals surface area contributed by atoms with Crippen LogP contribution < -0.4 is 0 Å². The van der Waals surface area contributed by atoms with Crippen LogP contribution in [0.2, 0.25) is 0 Å². The predicted molar refractivity (Wildman–Crippen MR) is 111 cm³/mol. The van der Waals surface area contributed by atoms with Gasteiger partial charge in [-0.15, -0.1) is 0 Å². The molecule has 0 radical (unpaired) electrons. The summed E-state index contributed by atoms with van der Waals surface area (Å²) in [7, 11) is 0. The number of hydrogen-bond donors (Lipinski definition) is 0. The maximum Gasteiger partial charge on any atom is 0.308 e. The van der Waals surface area contributed by atoms with E-state index in [1.165, 1.54) is 19.3 Å². The van der Waals surface area contributed by atoms with Crippen molar-refractivity contribution < 1.29 is 14.3 Å². The van der Waals surface area contributed by atoms with Gasteiger partial charge in [0.25, 0.3) is 0 Å². The summed E-state index contributed by atoms with van der Waals surface area (Å²) in [5, 5.41) is 0. The van der Waals surface area contributed by atoms with Crippen LogP contribution in [0.3, 0.4) is 0 Å². The topological polar surface area (TPSA) is 35.5 Å². The summed E-state index contributed by atoms with van der Waals surface area (Å²) in [6.07, 6.45) is 24.2. The van der Waals surface area contributed by atoms with Crippen LogP contribution in [-0.2, 0) is 14.3 Å². The number of allylic oxidation sites excluding steroid dienone is 6. The number of unbranched alkanes of at least 4 members (excludes halogenated alkanes) is 5. The van der Waals surface area contributed by atoms with Crippen LogP contribution in [0.15, 0.2) is 36.5 Å². The minimum atomic E-state index is -0.373. The molecule has 26 heavy (non-hydrogen) atoms. The third kappa shape index (κ3) is 17.5. The Morgan fingerprint density at radius 2 is 1.42 bits per heavy atom. The van der Waals surface area contributed by atoms with E-state index in [1.54, 1.807) is 0 Å². The first kappa shape index (κ1) is 24.7. The Bertz CT molecular complexity index is 396. The zero-order chi connectivity index (χ0) is 19.3. The third-order valence-electron chi connectivity index (χ3n) is 3.98. The molecule has 3 nitrogen and oxygen atoms in total. The van der Waals surface area contributed by atoms with Crippen LogP contribution in [0.5, 0.6) is 0 Å². The van der Waals surface area contributed by atoms with E-state index in [2.05, 4.69) is 43.4 Å². The normalized spacial score (nSPS) is 13.2. The molecule has 0 aliphatic carbocycles. The van der Waals surface area contributed by atoms with Crippen molar-refractivity contribution in [3.05, 3.63) is 36.5 Å². The molecule has 0 aromatic heterocycles. The van der Waals surface area contributed by atoms with Crippen molar-refractivity contribution in [2.45, 2.75) is 97.7 Å². The molecule has 1 unspecified atom stereocenters. The molecule has 0 saturated carbocycles. The van der Waals surface area contributed by atoms with Crippen molar-refractivity contribution in [3.8, 4) is 0 Å². The summed E-state index contributed by atoms with van der Waals surface area (Å²) in [5.74, 6) is -0.133. The molecule has 0 amide bonds. The molecule has 150 valence electrons. The molecule has 0 N–H and O–H groups in total. The molecule has 0 fully saturated rings. The van der Waals surface area contributed by atoms with E-state index < -0.39 is 0 Å². The molecule has 0 heterocycles. The average molecular weight is 365 g/mol. The second kappa shape index (κ2) is 20.0. The quantitative estimate of drug-likeness (QED) is 0.122. The molecule has 3 heteroatoms. The second-order valence-electron chi connectivity index (χ2n) is 6.38. The largest absolute Gasteiger partial charge is 0.436 e. The first-order chi connectivity index (χ1) is 12.7. The highest BCUT2D eigenvalue weighted by atomic mass is 16.7. The molecule has 0 aromatic rings. The monoisotopic (exact) mass is 364 g/mol. The first-order valence-electron chi connectivity index (χ1n) is 10.5. The van der Waals surface area contributed by atoms with Crippen molar-refractivity contribution in [2.75, 3.05) is 6.61 Å². The number of hydrogen-bond acceptors (Lipinski definition) is 3. The van der Waals surface area contributed by atoms with Gasteiger partial charge in [0.15, 0.2) is 0 Å². The van der Waals surface area contributed by atoms with Gasteiger partial charge in [-0.3, -0.25) is 4.79 Å². The molecule has 1 atom stereocenters. The van der Waals surface area contributed by atoms with Crippen LogP contribution in [-0.4, -0.2) is 18.9 Å². The van der Waals surface area contributed by atoms with Crippen LogP contribution in [0.25, 0.3) is 0 Å². The Morgan fingerprint density at radius 1 is 0.808 bits per heavy atom. The van der Waals surface area contributed by atoms with Crippen LogP contribution in [0.4, 0.5) is 0 Å². The molecule has 0 spiro atoms. The van der Waals surface area contributed by atoms with Gasteiger partial charge < -0.3 is 9.47 Å². The zero-order valence-corrected chi connectivity index (χ0v) is 17.3. The molecule has 0 aliphatic rings. The molecule has 0 aliphatic heterocycles. The van der Waals surface area contributed by atoms with Gasteiger partial charge in [-0.2, -0.15) is 0 Å². The summed E-state index contributed by atoms with van der Waals surface area (Å²) in [6.45, 7) is 6.60. The first-order valence-corrected chi connectivity index (χ1v) is 10.5. The van der Waals surface area contributed by atoms with E-state index in [1.807, 2.05) is 13.8 Å². The van der Waals surface area contributed by atoms with Crippen LogP contribution in [0.1, 0.15) is 91.4 Å². The fourth-order valence-corrected chi connectivity index (χ4v) is 2.52. The predicted octanol–water partition coefficient (Wildman–Crippen LogP) is 6.89. The fraction of sp³-hybridized carbons (Fsp3) is 0.696. The van der Waals surface area contributed by atoms with E-state index in [0.717, 1.165) is 38.5 Å². The molecule has 0 aromatic carbocycles. The number of ether oxygens (including phenoxy) is 2. The average Bonchev–Trinajstić information content (AvgIpc) is 2.64. The van der Waals surface area contributed by atoms with Crippen molar-refractivity contribution in [1.82, 2.24) is 0 Å². The lowest BCUT2D eigenvalue weighted by Crippen LogP contribution is -2.20. The summed E-state index contributed by atoms with van der Waals surface area (Å²) in [5.41, 5.74) is 0. The van der Waals surface area contributed by atoms with Crippen molar-refractivity contribution in [2.24, 2.45) is 0 Å². The van der Waals surface area contributed by atoms with Gasteiger partial charge in [0.05, 0.1) is 0 Å². The molecular formula is C23H40O3. The number of carbonyl (C=O) groups is 1. The van der Waals surface area contributed by atoms with Gasteiger partial charge in [0.2, 0.25) is 6.29 Å². The van der Waals surface area contributed by atoms with E-state index in [4.69, 9.17) is 9.47 Å². The van der Waals surface area contributed by atoms with Gasteiger partial charge in [-0.1, -0.05) is 69.6 Å². The lowest BCUT2D eigenvalue weighted by molar-refractivity contribution is -0.178. The highest BCUT2D eigenvalue weighted by Crippen LogP contribution is 2.10. The number of rotatable bonds is 17. The van der Waals surface area contributed by atoms with Gasteiger partial charge >= 0.3 is 5.97 Å². The van der Waals surface area contributed by atoms with Crippen molar-refractivity contribution in [1.29, 1.82) is 0 Å². The van der Waals surface area contributed by atoms with Crippen molar-refractivity contribution in [3.63, 3.8) is 0 Å². The van der Waals surface area contributed by atoms with Crippen molar-refractivity contribution >= 4 is 5.97 Å². The van der Waals surface area contributed by atoms with Crippen LogP contribution in [0, 0.1) is 0 Å². The number of esters is 1. The molecular weight excluding hydrogens is 324 g/mol. The maximum absolute atomic E-state index is 11.7. The summed E-state index contributed by atoms with van der Waals surface area (Å²) in [4.78, 5) is 11.7.